The number of benzene rings is 2. The van der Waals surface area contributed by atoms with Gasteiger partial charge >= 0.3 is 11.9 Å². The Balaban J connectivity index is 1.07. The first-order valence-electron chi connectivity index (χ1n) is 11.3. The second-order valence-corrected chi connectivity index (χ2v) is 8.78. The van der Waals surface area contributed by atoms with Crippen molar-refractivity contribution in [2.24, 2.45) is 0 Å². The molecule has 2 unspecified atom stereocenters. The molecule has 2 atom stereocenters. The number of hydrogen-bond donors (Lipinski definition) is 3. The molecule has 0 spiro atoms. The second-order valence-electron chi connectivity index (χ2n) is 8.78. The first kappa shape index (κ1) is 21.1. The maximum Gasteiger partial charge on any atom is 0.338 e. The molecule has 2 aliphatic heterocycles. The molecule has 1 aliphatic carbocycles. The van der Waals surface area contributed by atoms with E-state index in [4.69, 9.17) is 9.47 Å². The van der Waals surface area contributed by atoms with Crippen LogP contribution < -0.4 is 10.6 Å². The van der Waals surface area contributed by atoms with Crippen LogP contribution >= 0.6 is 0 Å². The fraction of sp³-hybridized carbons (Fsp3) is 0.440. The highest BCUT2D eigenvalue weighted by Gasteiger charge is 2.31. The minimum Gasteiger partial charge on any atom is -0.457 e. The zero-order valence-electron chi connectivity index (χ0n) is 18.2. The molecule has 0 saturated heterocycles. The van der Waals surface area contributed by atoms with Crippen LogP contribution in [0.1, 0.15) is 72.5 Å². The summed E-state index contributed by atoms with van der Waals surface area (Å²) in [7, 11) is 0. The Morgan fingerprint density at radius 3 is 2.47 bits per heavy atom. The van der Waals surface area contributed by atoms with E-state index in [-0.39, 0.29) is 18.5 Å². The van der Waals surface area contributed by atoms with Crippen molar-refractivity contribution in [3.8, 4) is 0 Å². The van der Waals surface area contributed by atoms with Crippen LogP contribution in [0.5, 0.6) is 0 Å². The highest BCUT2D eigenvalue weighted by atomic mass is 16.5. The van der Waals surface area contributed by atoms with Gasteiger partial charge in [0, 0.05) is 37.3 Å². The number of rotatable bonds is 8. The van der Waals surface area contributed by atoms with Gasteiger partial charge in [0.25, 0.3) is 0 Å². The smallest absolute Gasteiger partial charge is 0.338 e. The van der Waals surface area contributed by atoms with Crippen molar-refractivity contribution < 1.29 is 24.2 Å². The van der Waals surface area contributed by atoms with Gasteiger partial charge < -0.3 is 25.2 Å². The molecule has 5 rings (SSSR count). The molecule has 0 fully saturated rings. The Morgan fingerprint density at radius 2 is 1.66 bits per heavy atom. The van der Waals surface area contributed by atoms with Crippen molar-refractivity contribution >= 4 is 11.9 Å². The third-order valence-electron chi connectivity index (χ3n) is 6.99. The van der Waals surface area contributed by atoms with Gasteiger partial charge in [0.2, 0.25) is 0 Å². The summed E-state index contributed by atoms with van der Waals surface area (Å²) in [5, 5.41) is 17.4. The molecule has 32 heavy (non-hydrogen) atoms. The van der Waals surface area contributed by atoms with E-state index in [0.717, 1.165) is 60.3 Å². The first-order chi connectivity index (χ1) is 15.5. The molecule has 7 nitrogen and oxygen atoms in total. The summed E-state index contributed by atoms with van der Waals surface area (Å²) in [6.07, 6.45) is 1.45. The van der Waals surface area contributed by atoms with Crippen LogP contribution in [-0.4, -0.2) is 43.2 Å². The van der Waals surface area contributed by atoms with Gasteiger partial charge in [-0.3, -0.25) is 0 Å². The fourth-order valence-electron chi connectivity index (χ4n) is 5.18. The lowest BCUT2D eigenvalue weighted by molar-refractivity contribution is 0.0526. The van der Waals surface area contributed by atoms with E-state index >= 15 is 0 Å². The number of fused-ring (bicyclic) bond motifs is 4. The minimum atomic E-state index is -0.635. The van der Waals surface area contributed by atoms with Crippen LogP contribution in [0.2, 0.25) is 0 Å². The predicted molar refractivity (Wildman–Crippen MR) is 118 cm³/mol. The van der Waals surface area contributed by atoms with E-state index in [1.165, 1.54) is 11.1 Å². The minimum absolute atomic E-state index is 0.199. The van der Waals surface area contributed by atoms with Crippen molar-refractivity contribution in [1.82, 2.24) is 10.6 Å². The van der Waals surface area contributed by atoms with Gasteiger partial charge in [-0.05, 0) is 60.1 Å². The van der Waals surface area contributed by atoms with E-state index in [2.05, 4.69) is 16.7 Å². The molecular weight excluding hydrogens is 408 g/mol. The Bertz CT molecular complexity index is 1080. The number of aliphatic hydroxyl groups excluding tert-OH is 1. The van der Waals surface area contributed by atoms with Crippen LogP contribution in [0.4, 0.5) is 0 Å². The zero-order chi connectivity index (χ0) is 22.2. The summed E-state index contributed by atoms with van der Waals surface area (Å²) in [5.41, 5.74) is 7.71. The molecule has 0 radical (unpaired) electrons. The lowest BCUT2D eigenvalue weighted by Crippen LogP contribution is -2.32. The average Bonchev–Trinajstić information content (AvgIpc) is 3.48. The molecule has 168 valence electrons. The van der Waals surface area contributed by atoms with E-state index in [0.29, 0.717) is 24.6 Å². The van der Waals surface area contributed by atoms with Crippen molar-refractivity contribution in [1.29, 1.82) is 0 Å². The molecule has 0 bridgehead atoms. The monoisotopic (exact) mass is 436 g/mol. The molecule has 0 saturated carbocycles. The number of cyclic esters (lactones) is 2. The number of carbonyl (C=O) groups is 2. The van der Waals surface area contributed by atoms with Gasteiger partial charge in [-0.1, -0.05) is 12.1 Å². The quantitative estimate of drug-likeness (QED) is 0.432. The highest BCUT2D eigenvalue weighted by Crippen LogP contribution is 2.38. The standard InChI is InChI=1S/C25H28N2O5/c1-14-16(4-6-19-21(14)12-31-24(19)29)23(28)11-27-9-8-26-10-15-2-3-18-17(15)5-7-20-22(18)13-32-25(20)30/h4-7,15,23,26-28H,2-3,8-13H2,1H3. The number of nitrogens with one attached hydrogen (secondary N) is 2. The predicted octanol–water partition coefficient (Wildman–Crippen LogP) is 2.28. The second kappa shape index (κ2) is 8.65. The first-order valence-corrected chi connectivity index (χ1v) is 11.3. The average molecular weight is 437 g/mol. The van der Waals surface area contributed by atoms with Gasteiger partial charge in [0.05, 0.1) is 17.2 Å². The van der Waals surface area contributed by atoms with Gasteiger partial charge in [-0.2, -0.15) is 0 Å². The van der Waals surface area contributed by atoms with Crippen molar-refractivity contribution in [3.63, 3.8) is 0 Å². The summed E-state index contributed by atoms with van der Waals surface area (Å²) in [4.78, 5) is 23.4. The summed E-state index contributed by atoms with van der Waals surface area (Å²) >= 11 is 0. The number of hydrogen-bond acceptors (Lipinski definition) is 7. The van der Waals surface area contributed by atoms with Gasteiger partial charge in [-0.15, -0.1) is 0 Å². The summed E-state index contributed by atoms with van der Waals surface area (Å²) in [6, 6.07) is 7.56. The summed E-state index contributed by atoms with van der Waals surface area (Å²) in [6.45, 7) is 5.51. The molecule has 2 aromatic carbocycles. The van der Waals surface area contributed by atoms with Gasteiger partial charge in [-0.25, -0.2) is 9.59 Å². The van der Waals surface area contributed by atoms with Crippen LogP contribution in [-0.2, 0) is 29.1 Å². The number of carbonyl (C=O) groups excluding carboxylic acids is 2. The third kappa shape index (κ3) is 3.70. The van der Waals surface area contributed by atoms with E-state index in [9.17, 15) is 14.7 Å². The van der Waals surface area contributed by atoms with E-state index in [1.54, 1.807) is 6.07 Å². The van der Waals surface area contributed by atoms with Crippen LogP contribution in [0.25, 0.3) is 0 Å². The molecule has 0 amide bonds. The lowest BCUT2D eigenvalue weighted by Gasteiger charge is -2.17. The Morgan fingerprint density at radius 1 is 0.969 bits per heavy atom. The van der Waals surface area contributed by atoms with Gasteiger partial charge in [0.1, 0.15) is 13.2 Å². The molecule has 3 aliphatic rings. The topological polar surface area (TPSA) is 96.9 Å². The third-order valence-corrected chi connectivity index (χ3v) is 6.99. The Kier molecular flexibility index (Phi) is 5.71. The van der Waals surface area contributed by atoms with E-state index in [1.807, 2.05) is 19.1 Å². The van der Waals surface area contributed by atoms with Gasteiger partial charge in [0.15, 0.2) is 0 Å². The fourth-order valence-corrected chi connectivity index (χ4v) is 5.18. The van der Waals surface area contributed by atoms with E-state index < -0.39 is 6.10 Å². The largest absolute Gasteiger partial charge is 0.457 e. The number of ether oxygens (including phenoxy) is 2. The van der Waals surface area contributed by atoms with Crippen molar-refractivity contribution in [3.05, 3.63) is 68.8 Å². The summed E-state index contributed by atoms with van der Waals surface area (Å²) in [5.74, 6) is -0.0328. The maximum absolute atomic E-state index is 11.8. The molecule has 2 aromatic rings. The Hall–Kier alpha value is -2.74. The zero-order valence-corrected chi connectivity index (χ0v) is 18.2. The summed E-state index contributed by atoms with van der Waals surface area (Å²) < 4.78 is 10.3. The lowest BCUT2D eigenvalue weighted by atomic mass is 9.95. The normalized spacial score (nSPS) is 19.4. The molecule has 3 N–H and O–H groups in total. The van der Waals surface area contributed by atoms with Crippen LogP contribution in [0, 0.1) is 6.92 Å². The molecular formula is C25H28N2O5. The molecule has 7 heteroatoms. The SMILES string of the molecule is Cc1c(C(O)CNCCNCC2CCc3c2ccc2c3COC2=O)ccc2c1COC2=O. The molecule has 2 heterocycles. The molecule has 0 aromatic heterocycles. The Labute approximate surface area is 187 Å². The van der Waals surface area contributed by atoms with Crippen LogP contribution in [0.15, 0.2) is 24.3 Å². The van der Waals surface area contributed by atoms with Crippen molar-refractivity contribution in [2.45, 2.75) is 45.0 Å². The highest BCUT2D eigenvalue weighted by molar-refractivity contribution is 5.94. The van der Waals surface area contributed by atoms with Crippen LogP contribution in [0.3, 0.4) is 0 Å². The number of esters is 2. The number of aliphatic hydroxyl groups is 1. The van der Waals surface area contributed by atoms with Crippen molar-refractivity contribution in [2.75, 3.05) is 26.2 Å². The maximum atomic E-state index is 11.8.